The summed E-state index contributed by atoms with van der Waals surface area (Å²) in [5.41, 5.74) is 0.699. The molecule has 24 heavy (non-hydrogen) atoms. The largest absolute Gasteiger partial charge is 0.357 e. The van der Waals surface area contributed by atoms with E-state index in [0.717, 1.165) is 31.7 Å². The molecule has 1 aromatic heterocycles. The second-order valence-electron chi connectivity index (χ2n) is 5.96. The summed E-state index contributed by atoms with van der Waals surface area (Å²) < 4.78 is 0. The number of hydrogen-bond donors (Lipinski definition) is 2. The number of carbonyl (C=O) groups excluding carboxylic acids is 1. The fourth-order valence-electron chi connectivity index (χ4n) is 2.89. The number of aromatic nitrogens is 1. The fourth-order valence-corrected chi connectivity index (χ4v) is 3.08. The van der Waals surface area contributed by atoms with Gasteiger partial charge in [0.2, 0.25) is 0 Å². The molecule has 2 heterocycles. The van der Waals surface area contributed by atoms with Crippen molar-refractivity contribution in [1.82, 2.24) is 10.3 Å². The molecular weight excluding hydrogens is 324 g/mol. The van der Waals surface area contributed by atoms with Crippen LogP contribution >= 0.6 is 11.6 Å². The Bertz CT molecular complexity index is 672. The number of nitrogens with one attached hydrogen (secondary N) is 2. The van der Waals surface area contributed by atoms with E-state index in [0.29, 0.717) is 23.2 Å². The topological polar surface area (TPSA) is 57.3 Å². The molecule has 2 amide bonds. The molecule has 0 saturated carbocycles. The van der Waals surface area contributed by atoms with E-state index in [1.807, 2.05) is 36.5 Å². The van der Waals surface area contributed by atoms with Gasteiger partial charge in [0.05, 0.1) is 0 Å². The quantitative estimate of drug-likeness (QED) is 0.887. The Kier molecular flexibility index (Phi) is 5.54. The molecule has 2 aromatic rings. The lowest BCUT2D eigenvalue weighted by molar-refractivity contribution is 0.248. The molecule has 1 aliphatic heterocycles. The lowest BCUT2D eigenvalue weighted by Gasteiger charge is -2.32. The number of carbonyl (C=O) groups is 1. The number of benzene rings is 1. The maximum absolute atomic E-state index is 12.0. The molecule has 126 valence electrons. The maximum atomic E-state index is 12.0. The van der Waals surface area contributed by atoms with E-state index < -0.39 is 0 Å². The van der Waals surface area contributed by atoms with E-state index >= 15 is 0 Å². The van der Waals surface area contributed by atoms with Crippen LogP contribution in [0.3, 0.4) is 0 Å². The summed E-state index contributed by atoms with van der Waals surface area (Å²) in [6.45, 7) is 2.63. The molecule has 0 unspecified atom stereocenters. The first-order valence-corrected chi connectivity index (χ1v) is 8.55. The summed E-state index contributed by atoms with van der Waals surface area (Å²) in [7, 11) is 0. The highest BCUT2D eigenvalue weighted by molar-refractivity contribution is 6.30. The van der Waals surface area contributed by atoms with Crippen molar-refractivity contribution in [3.05, 3.63) is 53.7 Å². The summed E-state index contributed by atoms with van der Waals surface area (Å²) in [5.74, 6) is 1.53. The molecule has 3 rings (SSSR count). The maximum Gasteiger partial charge on any atom is 0.319 e. The van der Waals surface area contributed by atoms with E-state index in [-0.39, 0.29) is 6.03 Å². The van der Waals surface area contributed by atoms with Crippen molar-refractivity contribution in [2.75, 3.05) is 29.9 Å². The zero-order valence-electron chi connectivity index (χ0n) is 13.4. The third-order valence-corrected chi connectivity index (χ3v) is 4.46. The number of amides is 2. The number of rotatable bonds is 4. The molecule has 5 nitrogen and oxygen atoms in total. The number of anilines is 2. The Labute approximate surface area is 147 Å². The van der Waals surface area contributed by atoms with Crippen LogP contribution in [0.4, 0.5) is 16.3 Å². The molecule has 0 aliphatic carbocycles. The first-order chi connectivity index (χ1) is 11.7. The average Bonchev–Trinajstić information content (AvgIpc) is 2.61. The second-order valence-corrected chi connectivity index (χ2v) is 6.40. The van der Waals surface area contributed by atoms with Crippen LogP contribution in [0.5, 0.6) is 0 Å². The summed E-state index contributed by atoms with van der Waals surface area (Å²) in [6.07, 6.45) is 3.92. The SMILES string of the molecule is O=C(NCC1CCN(c2ccccn2)CC1)Nc1cccc(Cl)c1. The normalized spacial score (nSPS) is 15.1. The number of hydrogen-bond acceptors (Lipinski definition) is 3. The van der Waals surface area contributed by atoms with Gasteiger partial charge >= 0.3 is 6.03 Å². The Hall–Kier alpha value is -2.27. The minimum atomic E-state index is -0.190. The zero-order chi connectivity index (χ0) is 16.8. The monoisotopic (exact) mass is 344 g/mol. The van der Waals surface area contributed by atoms with E-state index in [1.54, 1.807) is 12.1 Å². The average molecular weight is 345 g/mol. The highest BCUT2D eigenvalue weighted by Gasteiger charge is 2.20. The van der Waals surface area contributed by atoms with Gasteiger partial charge in [-0.25, -0.2) is 9.78 Å². The first-order valence-electron chi connectivity index (χ1n) is 8.17. The van der Waals surface area contributed by atoms with Gasteiger partial charge in [-0.2, -0.15) is 0 Å². The molecule has 1 aliphatic rings. The van der Waals surface area contributed by atoms with Crippen LogP contribution in [0.1, 0.15) is 12.8 Å². The lowest BCUT2D eigenvalue weighted by atomic mass is 9.97. The van der Waals surface area contributed by atoms with Crippen molar-refractivity contribution < 1.29 is 4.79 Å². The number of piperidine rings is 1. The van der Waals surface area contributed by atoms with Crippen LogP contribution in [0.25, 0.3) is 0 Å². The summed E-state index contributed by atoms with van der Waals surface area (Å²) in [5, 5.41) is 6.36. The van der Waals surface area contributed by atoms with Gasteiger partial charge in [-0.05, 0) is 49.1 Å². The van der Waals surface area contributed by atoms with Crippen LogP contribution in [0, 0.1) is 5.92 Å². The van der Waals surface area contributed by atoms with Crippen molar-refractivity contribution >= 4 is 29.1 Å². The highest BCUT2D eigenvalue weighted by atomic mass is 35.5. The molecule has 0 bridgehead atoms. The van der Waals surface area contributed by atoms with Gasteiger partial charge in [-0.15, -0.1) is 0 Å². The fraction of sp³-hybridized carbons (Fsp3) is 0.333. The molecule has 1 fully saturated rings. The van der Waals surface area contributed by atoms with Crippen molar-refractivity contribution in [3.63, 3.8) is 0 Å². The second kappa shape index (κ2) is 8.02. The number of urea groups is 1. The van der Waals surface area contributed by atoms with Crippen molar-refractivity contribution in [2.45, 2.75) is 12.8 Å². The zero-order valence-corrected chi connectivity index (χ0v) is 14.2. The summed E-state index contributed by atoms with van der Waals surface area (Å²) in [6, 6.07) is 12.9. The predicted molar refractivity (Wildman–Crippen MR) is 97.6 cm³/mol. The molecular formula is C18H21ClN4O. The van der Waals surface area contributed by atoms with Gasteiger partial charge in [-0.3, -0.25) is 0 Å². The Morgan fingerprint density at radius 3 is 2.75 bits per heavy atom. The highest BCUT2D eigenvalue weighted by Crippen LogP contribution is 2.21. The van der Waals surface area contributed by atoms with Gasteiger partial charge in [0.1, 0.15) is 5.82 Å². The predicted octanol–water partition coefficient (Wildman–Crippen LogP) is 3.77. The number of nitrogens with zero attached hydrogens (tertiary/aromatic N) is 2. The van der Waals surface area contributed by atoms with E-state index in [1.165, 1.54) is 0 Å². The molecule has 6 heteroatoms. The molecule has 0 radical (unpaired) electrons. The Morgan fingerprint density at radius 1 is 1.21 bits per heavy atom. The van der Waals surface area contributed by atoms with Crippen LogP contribution in [-0.2, 0) is 0 Å². The molecule has 1 aromatic carbocycles. The van der Waals surface area contributed by atoms with Gasteiger partial charge in [0.25, 0.3) is 0 Å². The smallest absolute Gasteiger partial charge is 0.319 e. The summed E-state index contributed by atoms with van der Waals surface area (Å²) >= 11 is 5.91. The van der Waals surface area contributed by atoms with Crippen LogP contribution in [0.2, 0.25) is 5.02 Å². The third-order valence-electron chi connectivity index (χ3n) is 4.22. The van der Waals surface area contributed by atoms with Crippen molar-refractivity contribution in [3.8, 4) is 0 Å². The number of halogens is 1. The minimum Gasteiger partial charge on any atom is -0.357 e. The Morgan fingerprint density at radius 2 is 2.04 bits per heavy atom. The number of pyridine rings is 1. The van der Waals surface area contributed by atoms with Crippen LogP contribution in [0.15, 0.2) is 48.7 Å². The van der Waals surface area contributed by atoms with E-state index in [4.69, 9.17) is 11.6 Å². The molecule has 1 saturated heterocycles. The third kappa shape index (κ3) is 4.61. The minimum absolute atomic E-state index is 0.190. The van der Waals surface area contributed by atoms with Crippen LogP contribution < -0.4 is 15.5 Å². The van der Waals surface area contributed by atoms with Crippen molar-refractivity contribution in [2.24, 2.45) is 5.92 Å². The standard InChI is InChI=1S/C18H21ClN4O/c19-15-4-3-5-16(12-15)22-18(24)21-13-14-7-10-23(11-8-14)17-6-1-2-9-20-17/h1-6,9,12,14H,7-8,10-11,13H2,(H2,21,22,24). The molecule has 2 N–H and O–H groups in total. The van der Waals surface area contributed by atoms with Gasteiger partial charge in [-0.1, -0.05) is 23.7 Å². The first kappa shape index (κ1) is 16.6. The van der Waals surface area contributed by atoms with E-state index in [9.17, 15) is 4.79 Å². The van der Waals surface area contributed by atoms with Gasteiger partial charge in [0, 0.05) is 36.5 Å². The van der Waals surface area contributed by atoms with Crippen molar-refractivity contribution in [1.29, 1.82) is 0 Å². The molecule has 0 spiro atoms. The van der Waals surface area contributed by atoms with Gasteiger partial charge in [0.15, 0.2) is 0 Å². The van der Waals surface area contributed by atoms with E-state index in [2.05, 4.69) is 20.5 Å². The van der Waals surface area contributed by atoms with Gasteiger partial charge < -0.3 is 15.5 Å². The summed E-state index contributed by atoms with van der Waals surface area (Å²) in [4.78, 5) is 18.7. The Balaban J connectivity index is 1.41. The molecule has 0 atom stereocenters. The lowest BCUT2D eigenvalue weighted by Crippen LogP contribution is -2.40. The van der Waals surface area contributed by atoms with Crippen LogP contribution in [-0.4, -0.2) is 30.6 Å².